The third-order valence-corrected chi connectivity index (χ3v) is 7.34. The number of hydrogen-bond donors (Lipinski definition) is 3. The number of anilines is 1. The average molecular weight is 604 g/mol. The standard InChI is InChI=1S/C36H49N3O5/c1-23(2)13-14-25(5)39(34(42)31(21-24(3)4)38-35(43)44-36(6,7)8)32(27-16-19-30(40)20-17-27)33(41)37-29-18-15-26-11-9-10-12-28(26)22-29/h9-12,15-20,22-25,31-32,40H,13-14,21H2,1-8H3,(H,37,41)(H,38,43). The maximum absolute atomic E-state index is 14.6. The van der Waals surface area contributed by atoms with Gasteiger partial charge in [-0.1, -0.05) is 70.2 Å². The van der Waals surface area contributed by atoms with Crippen LogP contribution in [0, 0.1) is 11.8 Å². The lowest BCUT2D eigenvalue weighted by molar-refractivity contribution is -0.144. The number of alkyl carbamates (subject to hydrolysis) is 1. The van der Waals surface area contributed by atoms with Crippen molar-refractivity contribution in [3.8, 4) is 5.75 Å². The number of aromatic hydroxyl groups is 1. The van der Waals surface area contributed by atoms with Crippen LogP contribution in [-0.2, 0) is 14.3 Å². The second kappa shape index (κ2) is 15.1. The first kappa shape index (κ1) is 34.4. The number of fused-ring (bicyclic) bond motifs is 1. The van der Waals surface area contributed by atoms with E-state index in [0.29, 0.717) is 30.0 Å². The maximum atomic E-state index is 14.6. The van der Waals surface area contributed by atoms with Gasteiger partial charge in [-0.25, -0.2) is 4.79 Å². The van der Waals surface area contributed by atoms with Gasteiger partial charge in [-0.15, -0.1) is 0 Å². The third kappa shape index (κ3) is 10.00. The van der Waals surface area contributed by atoms with Gasteiger partial charge in [0, 0.05) is 11.7 Å². The first-order chi connectivity index (χ1) is 20.6. The van der Waals surface area contributed by atoms with Crippen LogP contribution >= 0.6 is 0 Å². The molecule has 0 heterocycles. The SMILES string of the molecule is CC(C)CCC(C)N(C(=O)C(CC(C)C)NC(=O)OC(C)(C)C)C(C(=O)Nc1ccc2ccccc2c1)c1ccc(O)cc1. The number of benzene rings is 3. The molecule has 0 fully saturated rings. The van der Waals surface area contributed by atoms with Crippen molar-refractivity contribution < 1.29 is 24.2 Å². The number of ether oxygens (including phenoxy) is 1. The Morgan fingerprint density at radius 1 is 0.841 bits per heavy atom. The van der Waals surface area contributed by atoms with Gasteiger partial charge in [0.15, 0.2) is 0 Å². The molecule has 0 aromatic heterocycles. The van der Waals surface area contributed by atoms with E-state index in [9.17, 15) is 19.5 Å². The summed E-state index contributed by atoms with van der Waals surface area (Å²) in [7, 11) is 0. The van der Waals surface area contributed by atoms with E-state index < -0.39 is 29.7 Å². The lowest BCUT2D eigenvalue weighted by atomic mass is 9.95. The first-order valence-corrected chi connectivity index (χ1v) is 15.5. The predicted molar refractivity (Wildman–Crippen MR) is 176 cm³/mol. The Kier molecular flexibility index (Phi) is 11.8. The molecular weight excluding hydrogens is 554 g/mol. The zero-order valence-electron chi connectivity index (χ0n) is 27.4. The van der Waals surface area contributed by atoms with Crippen LogP contribution in [0.15, 0.2) is 66.7 Å². The highest BCUT2D eigenvalue weighted by Gasteiger charge is 2.39. The molecule has 238 valence electrons. The molecule has 0 radical (unpaired) electrons. The van der Waals surface area contributed by atoms with Gasteiger partial charge in [0.2, 0.25) is 5.91 Å². The largest absolute Gasteiger partial charge is 0.508 e. The topological polar surface area (TPSA) is 108 Å². The highest BCUT2D eigenvalue weighted by atomic mass is 16.6. The lowest BCUT2D eigenvalue weighted by Gasteiger charge is -2.39. The first-order valence-electron chi connectivity index (χ1n) is 15.5. The molecule has 3 aromatic rings. The number of amides is 3. The van der Waals surface area contributed by atoms with Gasteiger partial charge < -0.3 is 25.4 Å². The summed E-state index contributed by atoms with van der Waals surface area (Å²) in [6.45, 7) is 15.4. The van der Waals surface area contributed by atoms with Gasteiger partial charge in [0.25, 0.3) is 5.91 Å². The van der Waals surface area contributed by atoms with Gasteiger partial charge >= 0.3 is 6.09 Å². The van der Waals surface area contributed by atoms with Crippen molar-refractivity contribution in [3.63, 3.8) is 0 Å². The summed E-state index contributed by atoms with van der Waals surface area (Å²) in [6.07, 6.45) is 1.17. The Bertz CT molecular complexity index is 1410. The molecule has 0 spiro atoms. The third-order valence-electron chi connectivity index (χ3n) is 7.34. The molecule has 3 atom stereocenters. The van der Waals surface area contributed by atoms with Crippen molar-refractivity contribution >= 4 is 34.4 Å². The highest BCUT2D eigenvalue weighted by molar-refractivity contribution is 6.00. The minimum Gasteiger partial charge on any atom is -0.508 e. The molecule has 3 aromatic carbocycles. The van der Waals surface area contributed by atoms with Crippen LogP contribution in [0.5, 0.6) is 5.75 Å². The fourth-order valence-electron chi connectivity index (χ4n) is 5.21. The molecule has 3 amide bonds. The molecule has 8 heteroatoms. The van der Waals surface area contributed by atoms with E-state index in [1.54, 1.807) is 37.8 Å². The molecule has 0 aliphatic carbocycles. The van der Waals surface area contributed by atoms with Crippen molar-refractivity contribution in [2.45, 2.75) is 98.4 Å². The van der Waals surface area contributed by atoms with E-state index in [4.69, 9.17) is 4.74 Å². The predicted octanol–water partition coefficient (Wildman–Crippen LogP) is 7.82. The van der Waals surface area contributed by atoms with Crippen LogP contribution in [0.25, 0.3) is 10.8 Å². The van der Waals surface area contributed by atoms with E-state index in [-0.39, 0.29) is 23.6 Å². The number of rotatable bonds is 12. The van der Waals surface area contributed by atoms with Gasteiger partial charge in [-0.05, 0) is 99.4 Å². The number of nitrogens with zero attached hydrogens (tertiary/aromatic N) is 1. The van der Waals surface area contributed by atoms with Gasteiger partial charge in [0.05, 0.1) is 0 Å². The fourth-order valence-corrected chi connectivity index (χ4v) is 5.21. The molecule has 0 saturated heterocycles. The summed E-state index contributed by atoms with van der Waals surface area (Å²) in [5.41, 5.74) is 0.408. The molecule has 0 aliphatic rings. The number of phenols is 1. The Labute approximate surface area is 262 Å². The molecule has 0 aliphatic heterocycles. The second-order valence-corrected chi connectivity index (χ2v) is 13.4. The molecular formula is C36H49N3O5. The molecule has 0 bridgehead atoms. The minimum absolute atomic E-state index is 0.0532. The van der Waals surface area contributed by atoms with E-state index >= 15 is 0 Å². The van der Waals surface area contributed by atoms with Gasteiger partial charge in [-0.3, -0.25) is 9.59 Å². The van der Waals surface area contributed by atoms with Gasteiger partial charge in [0.1, 0.15) is 23.4 Å². The van der Waals surface area contributed by atoms with E-state index in [1.165, 1.54) is 12.1 Å². The molecule has 8 nitrogen and oxygen atoms in total. The summed E-state index contributed by atoms with van der Waals surface area (Å²) in [5, 5.41) is 17.9. The molecule has 3 unspecified atom stereocenters. The van der Waals surface area contributed by atoms with Crippen LogP contribution in [-0.4, -0.2) is 45.6 Å². The number of carbonyl (C=O) groups is 3. The zero-order chi connectivity index (χ0) is 32.6. The summed E-state index contributed by atoms with van der Waals surface area (Å²) < 4.78 is 5.51. The highest BCUT2D eigenvalue weighted by Crippen LogP contribution is 2.31. The number of phenolic OH excluding ortho intramolecular Hbond substituents is 1. The average Bonchev–Trinajstić information content (AvgIpc) is 2.93. The summed E-state index contributed by atoms with van der Waals surface area (Å²) in [4.78, 5) is 43.4. The number of hydrogen-bond acceptors (Lipinski definition) is 5. The second-order valence-electron chi connectivity index (χ2n) is 13.4. The maximum Gasteiger partial charge on any atom is 0.408 e. The van der Waals surface area contributed by atoms with Crippen molar-refractivity contribution in [2.24, 2.45) is 11.8 Å². The lowest BCUT2D eigenvalue weighted by Crippen LogP contribution is -2.55. The summed E-state index contributed by atoms with van der Waals surface area (Å²) in [5.74, 6) is -0.245. The van der Waals surface area contributed by atoms with Gasteiger partial charge in [-0.2, -0.15) is 0 Å². The van der Waals surface area contributed by atoms with Crippen molar-refractivity contribution in [1.82, 2.24) is 10.2 Å². The monoisotopic (exact) mass is 603 g/mol. The van der Waals surface area contributed by atoms with E-state index in [1.807, 2.05) is 63.2 Å². The van der Waals surface area contributed by atoms with Crippen LogP contribution in [0.1, 0.15) is 86.3 Å². The molecule has 3 N–H and O–H groups in total. The van der Waals surface area contributed by atoms with Crippen LogP contribution < -0.4 is 10.6 Å². The minimum atomic E-state index is -1.04. The summed E-state index contributed by atoms with van der Waals surface area (Å²) in [6, 6.07) is 17.6. The zero-order valence-corrected chi connectivity index (χ0v) is 27.4. The Morgan fingerprint density at radius 3 is 2.07 bits per heavy atom. The summed E-state index contributed by atoms with van der Waals surface area (Å²) >= 11 is 0. The van der Waals surface area contributed by atoms with Crippen LogP contribution in [0.4, 0.5) is 10.5 Å². The number of carbonyl (C=O) groups excluding carboxylic acids is 3. The van der Waals surface area contributed by atoms with Crippen molar-refractivity contribution in [3.05, 3.63) is 72.3 Å². The smallest absolute Gasteiger partial charge is 0.408 e. The van der Waals surface area contributed by atoms with Crippen molar-refractivity contribution in [1.29, 1.82) is 0 Å². The van der Waals surface area contributed by atoms with E-state index in [0.717, 1.165) is 17.2 Å². The molecule has 3 rings (SSSR count). The molecule has 0 saturated carbocycles. The van der Waals surface area contributed by atoms with Crippen molar-refractivity contribution in [2.75, 3.05) is 5.32 Å². The Balaban J connectivity index is 2.09. The van der Waals surface area contributed by atoms with E-state index in [2.05, 4.69) is 24.5 Å². The fraction of sp³-hybridized carbons (Fsp3) is 0.472. The quantitative estimate of drug-likeness (QED) is 0.196. The van der Waals surface area contributed by atoms with Crippen LogP contribution in [0.3, 0.4) is 0 Å². The normalized spacial score (nSPS) is 13.8. The Morgan fingerprint density at radius 2 is 1.48 bits per heavy atom. The molecule has 44 heavy (non-hydrogen) atoms. The number of nitrogens with one attached hydrogen (secondary N) is 2. The Hall–Kier alpha value is -4.07. The van der Waals surface area contributed by atoms with Crippen LogP contribution in [0.2, 0.25) is 0 Å².